The number of carboxylic acids is 1. The van der Waals surface area contributed by atoms with E-state index in [-0.39, 0.29) is 0 Å². The van der Waals surface area contributed by atoms with Gasteiger partial charge in [-0.05, 0) is 23.8 Å². The fourth-order valence-electron chi connectivity index (χ4n) is 1.46. The molecule has 7 nitrogen and oxygen atoms in total. The fraction of sp³-hybridized carbons (Fsp3) is 0.154. The lowest BCUT2D eigenvalue weighted by atomic mass is 10.1. The van der Waals surface area contributed by atoms with Crippen molar-refractivity contribution in [3.63, 3.8) is 0 Å². The highest BCUT2D eigenvalue weighted by molar-refractivity contribution is 5.95. The quantitative estimate of drug-likeness (QED) is 0.419. The van der Waals surface area contributed by atoms with Crippen LogP contribution in [0.2, 0.25) is 0 Å². The van der Waals surface area contributed by atoms with Crippen LogP contribution in [0.3, 0.4) is 0 Å². The maximum atomic E-state index is 11.6. The first-order valence-corrected chi connectivity index (χ1v) is 5.73. The van der Waals surface area contributed by atoms with E-state index in [1.165, 1.54) is 6.08 Å². The highest BCUT2D eigenvalue weighted by atomic mass is 16.4. The van der Waals surface area contributed by atoms with Gasteiger partial charge < -0.3 is 21.9 Å². The van der Waals surface area contributed by atoms with Gasteiger partial charge in [-0.2, -0.15) is 0 Å². The van der Waals surface area contributed by atoms with Crippen molar-refractivity contribution in [2.45, 2.75) is 12.5 Å². The summed E-state index contributed by atoms with van der Waals surface area (Å²) in [6, 6.07) is 5.47. The van der Waals surface area contributed by atoms with Crippen LogP contribution in [0.15, 0.2) is 30.3 Å². The third kappa shape index (κ3) is 5.21. The molecule has 0 saturated heterocycles. The molecule has 0 aliphatic heterocycles. The number of aliphatic carboxylic acids is 1. The summed E-state index contributed by atoms with van der Waals surface area (Å²) in [5.74, 6) is -2.77. The Bertz CT molecular complexity index is 554. The number of nitrogen functional groups attached to an aromatic ring is 1. The van der Waals surface area contributed by atoms with Gasteiger partial charge in [0.25, 0.3) is 0 Å². The molecule has 106 valence electrons. The first kappa shape index (κ1) is 15.2. The van der Waals surface area contributed by atoms with Gasteiger partial charge in [0, 0.05) is 11.8 Å². The standard InChI is InChI=1S/C13H15N3O4/c14-9-3-1-2-8(6-9)4-5-12(18)16-10(13(19)20)7-11(15)17/h1-6,10H,7,14H2,(H2,15,17)(H,16,18)(H,19,20)/b5-4+/t10-/m0/s1. The number of primary amides is 1. The van der Waals surface area contributed by atoms with Gasteiger partial charge in [-0.25, -0.2) is 4.79 Å². The Kier molecular flexibility index (Phi) is 5.28. The Labute approximate surface area is 115 Å². The van der Waals surface area contributed by atoms with E-state index in [9.17, 15) is 14.4 Å². The lowest BCUT2D eigenvalue weighted by Gasteiger charge is -2.10. The van der Waals surface area contributed by atoms with E-state index in [1.807, 2.05) is 0 Å². The van der Waals surface area contributed by atoms with E-state index >= 15 is 0 Å². The molecule has 0 saturated carbocycles. The summed E-state index contributed by atoms with van der Waals surface area (Å²) in [6.07, 6.45) is 2.17. The third-order valence-corrected chi connectivity index (χ3v) is 2.36. The van der Waals surface area contributed by atoms with Crippen molar-refractivity contribution in [1.29, 1.82) is 0 Å². The molecule has 1 aromatic rings. The minimum atomic E-state index is -1.34. The summed E-state index contributed by atoms with van der Waals surface area (Å²) in [4.78, 5) is 33.1. The van der Waals surface area contributed by atoms with E-state index in [4.69, 9.17) is 16.6 Å². The van der Waals surface area contributed by atoms with Gasteiger partial charge in [-0.3, -0.25) is 9.59 Å². The maximum absolute atomic E-state index is 11.6. The van der Waals surface area contributed by atoms with Gasteiger partial charge in [0.2, 0.25) is 11.8 Å². The normalized spacial score (nSPS) is 12.0. The summed E-state index contributed by atoms with van der Waals surface area (Å²) in [5, 5.41) is 11.0. The second kappa shape index (κ2) is 6.93. The van der Waals surface area contributed by atoms with Crippen molar-refractivity contribution < 1.29 is 19.5 Å². The number of rotatable bonds is 6. The largest absolute Gasteiger partial charge is 0.480 e. The van der Waals surface area contributed by atoms with Crippen molar-refractivity contribution in [3.05, 3.63) is 35.9 Å². The molecule has 0 spiro atoms. The second-order valence-electron chi connectivity index (χ2n) is 4.07. The number of carboxylic acid groups (broad SMARTS) is 1. The fourth-order valence-corrected chi connectivity index (χ4v) is 1.46. The molecule has 1 rings (SSSR count). The van der Waals surface area contributed by atoms with Crippen LogP contribution in [0.1, 0.15) is 12.0 Å². The summed E-state index contributed by atoms with van der Waals surface area (Å²) < 4.78 is 0. The van der Waals surface area contributed by atoms with Gasteiger partial charge in [0.1, 0.15) is 6.04 Å². The molecule has 0 aromatic heterocycles. The topological polar surface area (TPSA) is 136 Å². The zero-order chi connectivity index (χ0) is 15.1. The van der Waals surface area contributed by atoms with Gasteiger partial charge in [-0.1, -0.05) is 12.1 Å². The second-order valence-corrected chi connectivity index (χ2v) is 4.07. The molecule has 0 bridgehead atoms. The van der Waals surface area contributed by atoms with Crippen LogP contribution < -0.4 is 16.8 Å². The number of carbonyl (C=O) groups is 3. The number of amides is 2. The number of nitrogens with one attached hydrogen (secondary N) is 1. The van der Waals surface area contributed by atoms with Crippen molar-refractivity contribution in [2.75, 3.05) is 5.73 Å². The molecule has 7 heteroatoms. The zero-order valence-electron chi connectivity index (χ0n) is 10.6. The van der Waals surface area contributed by atoms with Crippen molar-refractivity contribution in [2.24, 2.45) is 5.73 Å². The van der Waals surface area contributed by atoms with Crippen molar-refractivity contribution >= 4 is 29.5 Å². The molecule has 1 aromatic carbocycles. The molecule has 6 N–H and O–H groups in total. The molecule has 0 aliphatic rings. The Hall–Kier alpha value is -2.83. The van der Waals surface area contributed by atoms with Crippen LogP contribution in [-0.4, -0.2) is 28.9 Å². The summed E-state index contributed by atoms with van der Waals surface area (Å²) in [6.45, 7) is 0. The van der Waals surface area contributed by atoms with E-state index in [2.05, 4.69) is 5.32 Å². The van der Waals surface area contributed by atoms with Crippen LogP contribution >= 0.6 is 0 Å². The Morgan fingerprint density at radius 1 is 1.35 bits per heavy atom. The number of hydrogen-bond acceptors (Lipinski definition) is 4. The molecular weight excluding hydrogens is 262 g/mol. The van der Waals surface area contributed by atoms with E-state index < -0.39 is 30.2 Å². The average Bonchev–Trinajstić information content (AvgIpc) is 2.35. The van der Waals surface area contributed by atoms with Crippen molar-refractivity contribution in [3.8, 4) is 0 Å². The van der Waals surface area contributed by atoms with E-state index in [0.717, 1.165) is 6.08 Å². The minimum absolute atomic E-state index is 0.465. The molecule has 2 amide bonds. The Morgan fingerprint density at radius 3 is 2.60 bits per heavy atom. The smallest absolute Gasteiger partial charge is 0.326 e. The highest BCUT2D eigenvalue weighted by Crippen LogP contribution is 2.07. The number of nitrogens with two attached hydrogens (primary N) is 2. The predicted molar refractivity (Wildman–Crippen MR) is 73.3 cm³/mol. The van der Waals surface area contributed by atoms with Crippen LogP contribution in [0.25, 0.3) is 6.08 Å². The minimum Gasteiger partial charge on any atom is -0.480 e. The molecule has 0 unspecified atom stereocenters. The zero-order valence-corrected chi connectivity index (χ0v) is 10.6. The summed E-state index contributed by atoms with van der Waals surface area (Å²) in [5.41, 5.74) is 11.7. The lowest BCUT2D eigenvalue weighted by molar-refractivity contribution is -0.142. The molecule has 20 heavy (non-hydrogen) atoms. The summed E-state index contributed by atoms with van der Waals surface area (Å²) >= 11 is 0. The monoisotopic (exact) mass is 277 g/mol. The SMILES string of the molecule is NC(=O)C[C@H](NC(=O)/C=C/c1cccc(N)c1)C(=O)O. The lowest BCUT2D eigenvalue weighted by Crippen LogP contribution is -2.42. The molecule has 0 heterocycles. The first-order valence-electron chi connectivity index (χ1n) is 5.73. The van der Waals surface area contributed by atoms with Gasteiger partial charge in [-0.15, -0.1) is 0 Å². The number of benzene rings is 1. The average molecular weight is 277 g/mol. The number of anilines is 1. The van der Waals surface area contributed by atoms with Crippen LogP contribution in [0, 0.1) is 0 Å². The van der Waals surface area contributed by atoms with Crippen LogP contribution in [0.4, 0.5) is 5.69 Å². The van der Waals surface area contributed by atoms with Gasteiger partial charge in [0.15, 0.2) is 0 Å². The molecule has 0 aliphatic carbocycles. The molecular formula is C13H15N3O4. The molecule has 0 radical (unpaired) electrons. The van der Waals surface area contributed by atoms with E-state index in [1.54, 1.807) is 24.3 Å². The predicted octanol–water partition coefficient (Wildman–Crippen LogP) is -0.273. The number of carbonyl (C=O) groups excluding carboxylic acids is 2. The van der Waals surface area contributed by atoms with Crippen LogP contribution in [-0.2, 0) is 14.4 Å². The van der Waals surface area contributed by atoms with Gasteiger partial charge >= 0.3 is 5.97 Å². The summed E-state index contributed by atoms with van der Waals surface area (Å²) in [7, 11) is 0. The first-order chi connectivity index (χ1) is 9.38. The highest BCUT2D eigenvalue weighted by Gasteiger charge is 2.20. The Morgan fingerprint density at radius 2 is 2.05 bits per heavy atom. The van der Waals surface area contributed by atoms with E-state index in [0.29, 0.717) is 11.3 Å². The maximum Gasteiger partial charge on any atom is 0.326 e. The number of hydrogen-bond donors (Lipinski definition) is 4. The molecule has 1 atom stereocenters. The van der Waals surface area contributed by atoms with Gasteiger partial charge in [0.05, 0.1) is 6.42 Å². The third-order valence-electron chi connectivity index (χ3n) is 2.36. The van der Waals surface area contributed by atoms with Crippen LogP contribution in [0.5, 0.6) is 0 Å². The Balaban J connectivity index is 2.66. The van der Waals surface area contributed by atoms with Crippen molar-refractivity contribution in [1.82, 2.24) is 5.32 Å². The molecule has 0 fully saturated rings.